The van der Waals surface area contributed by atoms with Gasteiger partial charge in [0.15, 0.2) is 0 Å². The molecule has 0 radical (unpaired) electrons. The summed E-state index contributed by atoms with van der Waals surface area (Å²) in [6.45, 7) is 6.76. The number of nitrogens with one attached hydrogen (secondary N) is 1. The Balaban J connectivity index is 1.33. The summed E-state index contributed by atoms with van der Waals surface area (Å²) in [5.41, 5.74) is 3.38. The number of para-hydroxylation sites is 2. The lowest BCUT2D eigenvalue weighted by molar-refractivity contribution is -0.123. The smallest absolute Gasteiger partial charge is 0.393 e. The predicted molar refractivity (Wildman–Crippen MR) is 204 cm³/mol. The Hall–Kier alpha value is -5.97. The van der Waals surface area contributed by atoms with Crippen LogP contribution in [-0.4, -0.2) is 69.9 Å². The second-order valence-corrected chi connectivity index (χ2v) is 14.1. The van der Waals surface area contributed by atoms with E-state index in [0.717, 1.165) is 27.6 Å². The molecule has 0 saturated carbocycles. The van der Waals surface area contributed by atoms with Crippen molar-refractivity contribution >= 4 is 46.5 Å². The number of carbonyl (C=O) groups is 4. The molecule has 1 aromatic heterocycles. The van der Waals surface area contributed by atoms with E-state index in [9.17, 15) is 19.2 Å². The van der Waals surface area contributed by atoms with Crippen molar-refractivity contribution in [3.8, 4) is 0 Å². The number of rotatable bonds is 10. The zero-order valence-corrected chi connectivity index (χ0v) is 30.7. The van der Waals surface area contributed by atoms with Crippen molar-refractivity contribution < 1.29 is 28.7 Å². The largest absolute Gasteiger partial charge is 0.424 e. The number of hydrogen-bond donors (Lipinski definition) is 1. The fourth-order valence-corrected chi connectivity index (χ4v) is 8.96. The van der Waals surface area contributed by atoms with Crippen LogP contribution in [-0.2, 0) is 31.9 Å². The first-order chi connectivity index (χ1) is 26.3. The molecule has 0 bridgehead atoms. The first-order valence-corrected chi connectivity index (χ1v) is 18.8. The highest BCUT2D eigenvalue weighted by molar-refractivity contribution is 6.23. The number of benzene rings is 3. The molecule has 8 rings (SSSR count). The molecule has 3 unspecified atom stereocenters. The van der Waals surface area contributed by atoms with E-state index in [-0.39, 0.29) is 36.6 Å². The Bertz CT molecular complexity index is 2220. The Morgan fingerprint density at radius 2 is 1.65 bits per heavy atom. The molecule has 4 aliphatic rings. The number of aliphatic imine (C=N–C) groups is 1. The molecule has 0 spiro atoms. The van der Waals surface area contributed by atoms with Crippen LogP contribution in [0.2, 0.25) is 0 Å². The van der Waals surface area contributed by atoms with E-state index < -0.39 is 35.5 Å². The number of nitrogens with zero attached hydrogens (tertiary/aromatic N) is 4. The molecular formula is C43H43N5O6. The van der Waals surface area contributed by atoms with Crippen molar-refractivity contribution in [1.29, 1.82) is 0 Å². The normalized spacial score (nSPS) is 24.1. The Morgan fingerprint density at radius 1 is 0.944 bits per heavy atom. The van der Waals surface area contributed by atoms with Gasteiger partial charge in [0.05, 0.1) is 17.5 Å². The van der Waals surface area contributed by atoms with E-state index in [1.54, 1.807) is 29.2 Å². The number of anilines is 1. The van der Waals surface area contributed by atoms with Crippen LogP contribution in [0.5, 0.6) is 0 Å². The lowest BCUT2D eigenvalue weighted by atomic mass is 9.59. The summed E-state index contributed by atoms with van der Waals surface area (Å²) in [6.07, 6.45) is 4.07. The van der Waals surface area contributed by atoms with E-state index in [2.05, 4.69) is 11.1 Å². The summed E-state index contributed by atoms with van der Waals surface area (Å²) in [5, 5.41) is 1.08. The molecule has 4 aromatic rings. The number of imide groups is 1. The second-order valence-electron chi connectivity index (χ2n) is 14.1. The number of ether oxygens (including phenoxy) is 2. The van der Waals surface area contributed by atoms with Gasteiger partial charge in [-0.25, -0.2) is 14.5 Å². The van der Waals surface area contributed by atoms with Crippen LogP contribution in [0, 0.1) is 17.8 Å². The topological polar surface area (TPSA) is 125 Å². The van der Waals surface area contributed by atoms with E-state index in [1.165, 1.54) is 9.80 Å². The van der Waals surface area contributed by atoms with Gasteiger partial charge in [-0.05, 0) is 68.0 Å². The molecule has 54 heavy (non-hydrogen) atoms. The highest BCUT2D eigenvalue weighted by Gasteiger charge is 2.70. The molecule has 11 nitrogen and oxygen atoms in total. The van der Waals surface area contributed by atoms with E-state index in [4.69, 9.17) is 14.5 Å². The quantitative estimate of drug-likeness (QED) is 0.170. The second kappa shape index (κ2) is 14.1. The highest BCUT2D eigenvalue weighted by atomic mass is 16.6. The number of allylic oxidation sites excluding steroid dienone is 2. The van der Waals surface area contributed by atoms with Gasteiger partial charge in [-0.3, -0.25) is 19.5 Å². The summed E-state index contributed by atoms with van der Waals surface area (Å²) < 4.78 is 12.5. The first-order valence-electron chi connectivity index (χ1n) is 18.8. The maximum atomic E-state index is 14.9. The average molecular weight is 726 g/mol. The Kier molecular flexibility index (Phi) is 9.17. The summed E-state index contributed by atoms with van der Waals surface area (Å²) in [4.78, 5) is 70.1. The Morgan fingerprint density at radius 3 is 2.37 bits per heavy atom. The van der Waals surface area contributed by atoms with Gasteiger partial charge in [0, 0.05) is 54.6 Å². The summed E-state index contributed by atoms with van der Waals surface area (Å²) in [6, 6.07) is 26.7. The van der Waals surface area contributed by atoms with E-state index in [1.807, 2.05) is 87.6 Å². The standard InChI is InChI=1S/C43H43N5O6/c1-4-30-32-21-22-33-35(38(50)47(37(33)49)29-17-11-8-12-18-29)36(32)43(25-27-15-9-7-10-16-27)40(44-24-23-28-26-45-34-20-14-13-19-31(28)34)54-42(52)48(43)39(30)53-41(51)46(5-2)6-3/h7-21,26,33,35-36,45H,4-6,22-25H2,1-3H3/t33?,35?,36?,43-/m0/s1. The van der Waals surface area contributed by atoms with Gasteiger partial charge in [0.25, 0.3) is 0 Å². The predicted octanol–water partition coefficient (Wildman–Crippen LogP) is 7.41. The van der Waals surface area contributed by atoms with Crippen LogP contribution in [0.15, 0.2) is 119 Å². The molecule has 2 saturated heterocycles. The molecule has 3 aromatic carbocycles. The van der Waals surface area contributed by atoms with E-state index >= 15 is 0 Å². The van der Waals surface area contributed by atoms with Gasteiger partial charge in [-0.15, -0.1) is 0 Å². The SMILES string of the molecule is CCC1=C(OC(=O)N(CC)CC)N2C(=O)OC(=NCCc3c[nH]c4ccccc34)[C@]2(Cc2ccccc2)C2C1=CCC1C(=O)N(c3ccccc3)C(=O)C12. The minimum atomic E-state index is -1.45. The van der Waals surface area contributed by atoms with Crippen molar-refractivity contribution in [3.63, 3.8) is 0 Å². The fourth-order valence-electron chi connectivity index (χ4n) is 8.96. The molecule has 4 atom stereocenters. The van der Waals surface area contributed by atoms with Crippen LogP contribution >= 0.6 is 0 Å². The van der Waals surface area contributed by atoms with Crippen LogP contribution in [0.4, 0.5) is 15.3 Å². The number of hydrogen-bond acceptors (Lipinski definition) is 7. The average Bonchev–Trinajstić information content (AvgIpc) is 3.81. The van der Waals surface area contributed by atoms with Crippen molar-refractivity contribution in [2.45, 2.75) is 52.0 Å². The number of aromatic amines is 1. The monoisotopic (exact) mass is 725 g/mol. The zero-order chi connectivity index (χ0) is 37.6. The molecular weight excluding hydrogens is 683 g/mol. The lowest BCUT2D eigenvalue weighted by Crippen LogP contribution is -2.63. The first kappa shape index (κ1) is 35.1. The van der Waals surface area contributed by atoms with Gasteiger partial charge in [-0.1, -0.05) is 79.7 Å². The van der Waals surface area contributed by atoms with Crippen LogP contribution in [0.3, 0.4) is 0 Å². The van der Waals surface area contributed by atoms with Gasteiger partial charge in [0.2, 0.25) is 23.6 Å². The molecule has 11 heteroatoms. The van der Waals surface area contributed by atoms with Gasteiger partial charge in [-0.2, -0.15) is 0 Å². The van der Waals surface area contributed by atoms with Crippen LogP contribution < -0.4 is 4.90 Å². The number of fused-ring (bicyclic) bond motifs is 6. The molecule has 4 amide bonds. The molecule has 4 heterocycles. The van der Waals surface area contributed by atoms with E-state index in [0.29, 0.717) is 43.6 Å². The van der Waals surface area contributed by atoms with Crippen LogP contribution in [0.25, 0.3) is 10.9 Å². The number of aromatic nitrogens is 1. The summed E-state index contributed by atoms with van der Waals surface area (Å²) in [7, 11) is 0. The minimum absolute atomic E-state index is 0.0785. The van der Waals surface area contributed by atoms with Gasteiger partial charge >= 0.3 is 12.2 Å². The Labute approximate surface area is 313 Å². The van der Waals surface area contributed by atoms with Crippen LogP contribution in [0.1, 0.15) is 44.7 Å². The van der Waals surface area contributed by atoms with Crippen molar-refractivity contribution in [3.05, 3.63) is 125 Å². The fraction of sp³-hybridized carbons (Fsp3) is 0.326. The third kappa shape index (κ3) is 5.52. The highest BCUT2D eigenvalue weighted by Crippen LogP contribution is 2.58. The van der Waals surface area contributed by atoms with Crippen molar-refractivity contribution in [2.24, 2.45) is 22.7 Å². The maximum Gasteiger partial charge on any atom is 0.424 e. The van der Waals surface area contributed by atoms with Crippen molar-refractivity contribution in [1.82, 2.24) is 14.8 Å². The molecule has 1 N–H and O–H groups in total. The number of H-pyrrole nitrogens is 1. The number of cyclic esters (lactones) is 1. The lowest BCUT2D eigenvalue weighted by Gasteiger charge is -2.51. The third-order valence-electron chi connectivity index (χ3n) is 11.4. The molecule has 2 fully saturated rings. The number of amides is 4. The number of carbonyl (C=O) groups excluding carboxylic acids is 4. The summed E-state index contributed by atoms with van der Waals surface area (Å²) in [5.74, 6) is -2.67. The zero-order valence-electron chi connectivity index (χ0n) is 30.7. The molecule has 1 aliphatic carbocycles. The van der Waals surface area contributed by atoms with Crippen molar-refractivity contribution in [2.75, 3.05) is 24.5 Å². The van der Waals surface area contributed by atoms with Gasteiger partial charge < -0.3 is 19.4 Å². The minimum Gasteiger partial charge on any atom is -0.393 e. The summed E-state index contributed by atoms with van der Waals surface area (Å²) >= 11 is 0. The van der Waals surface area contributed by atoms with Gasteiger partial charge in [0.1, 0.15) is 5.54 Å². The molecule has 276 valence electrons. The third-order valence-corrected chi connectivity index (χ3v) is 11.4. The molecule has 3 aliphatic heterocycles. The maximum absolute atomic E-state index is 14.9.